The molecule has 3 nitrogen and oxygen atoms in total. The van der Waals surface area contributed by atoms with E-state index in [-0.39, 0.29) is 0 Å². The molecule has 6 heteroatoms. The number of benzene rings is 2. The van der Waals surface area contributed by atoms with Gasteiger partial charge in [-0.25, -0.2) is 0 Å². The Kier molecular flexibility index (Phi) is 8.70. The van der Waals surface area contributed by atoms with Crippen molar-refractivity contribution in [1.82, 2.24) is 4.90 Å². The zero-order valence-electron chi connectivity index (χ0n) is 16.8. The van der Waals surface area contributed by atoms with Crippen molar-refractivity contribution < 1.29 is 4.74 Å². The van der Waals surface area contributed by atoms with Crippen LogP contribution in [0.3, 0.4) is 0 Å². The molecule has 1 fully saturated rings. The molecule has 3 rings (SSSR count). The molecule has 0 atom stereocenters. The second-order valence-electron chi connectivity index (χ2n) is 8.01. The van der Waals surface area contributed by atoms with Crippen LogP contribution in [0.4, 0.5) is 0 Å². The Bertz CT molecular complexity index is 809. The van der Waals surface area contributed by atoms with E-state index in [1.165, 1.54) is 36.8 Å². The summed E-state index contributed by atoms with van der Waals surface area (Å²) in [5.41, 5.74) is 8.31. The number of hydrogen-bond donors (Lipinski definition) is 1. The molecule has 29 heavy (non-hydrogen) atoms. The zero-order valence-corrected chi connectivity index (χ0v) is 19.9. The van der Waals surface area contributed by atoms with Gasteiger partial charge < -0.3 is 10.5 Å². The van der Waals surface area contributed by atoms with E-state index in [4.69, 9.17) is 33.7 Å². The van der Waals surface area contributed by atoms with Crippen LogP contribution in [0.1, 0.15) is 36.8 Å². The Hall–Kier alpha value is -0.780. The van der Waals surface area contributed by atoms with Crippen LogP contribution in [-0.4, -0.2) is 25.1 Å². The standard InChI is InChI=1S/C23H29BrCl2N2O/c1-29-23-9-7-18(10-20(23)24)14-28(13-17-4-2-16(12-27)3-5-17)15-19-6-8-21(25)22(26)11-19/h6-11,16-17H,2-5,12-15,27H2,1H3. The molecular weight excluding hydrogens is 471 g/mol. The van der Waals surface area contributed by atoms with E-state index in [1.54, 1.807) is 7.11 Å². The maximum Gasteiger partial charge on any atom is 0.133 e. The largest absolute Gasteiger partial charge is 0.496 e. The Morgan fingerprint density at radius 1 is 0.966 bits per heavy atom. The summed E-state index contributed by atoms with van der Waals surface area (Å²) in [7, 11) is 1.69. The maximum absolute atomic E-state index is 6.25. The highest BCUT2D eigenvalue weighted by Gasteiger charge is 2.22. The van der Waals surface area contributed by atoms with Gasteiger partial charge in [-0.15, -0.1) is 0 Å². The highest BCUT2D eigenvalue weighted by atomic mass is 79.9. The van der Waals surface area contributed by atoms with Gasteiger partial charge in [-0.05, 0) is 95.4 Å². The monoisotopic (exact) mass is 498 g/mol. The van der Waals surface area contributed by atoms with Gasteiger partial charge in [-0.3, -0.25) is 4.90 Å². The number of hydrogen-bond acceptors (Lipinski definition) is 3. The average Bonchev–Trinajstić information content (AvgIpc) is 2.71. The zero-order chi connectivity index (χ0) is 20.8. The molecule has 0 bridgehead atoms. The summed E-state index contributed by atoms with van der Waals surface area (Å²) in [6, 6.07) is 12.2. The van der Waals surface area contributed by atoms with E-state index in [0.717, 1.165) is 36.4 Å². The predicted molar refractivity (Wildman–Crippen MR) is 126 cm³/mol. The first-order valence-corrected chi connectivity index (χ1v) is 11.7. The van der Waals surface area contributed by atoms with Crippen LogP contribution in [0.2, 0.25) is 10.0 Å². The van der Waals surface area contributed by atoms with Gasteiger partial charge in [0.1, 0.15) is 5.75 Å². The number of nitrogens with two attached hydrogens (primary N) is 1. The van der Waals surface area contributed by atoms with Gasteiger partial charge in [0.05, 0.1) is 21.6 Å². The molecule has 0 spiro atoms. The van der Waals surface area contributed by atoms with Gasteiger partial charge in [-0.2, -0.15) is 0 Å². The fourth-order valence-electron chi connectivity index (χ4n) is 4.16. The second kappa shape index (κ2) is 11.0. The van der Waals surface area contributed by atoms with E-state index in [0.29, 0.717) is 21.9 Å². The molecule has 2 N–H and O–H groups in total. The third kappa shape index (κ3) is 6.60. The first-order chi connectivity index (χ1) is 14.0. The Morgan fingerprint density at radius 3 is 2.17 bits per heavy atom. The topological polar surface area (TPSA) is 38.5 Å². The van der Waals surface area contributed by atoms with Crippen molar-refractivity contribution in [2.45, 2.75) is 38.8 Å². The highest BCUT2D eigenvalue weighted by Crippen LogP contribution is 2.31. The fraction of sp³-hybridized carbons (Fsp3) is 0.478. The van der Waals surface area contributed by atoms with Gasteiger partial charge in [0.25, 0.3) is 0 Å². The van der Waals surface area contributed by atoms with E-state index in [9.17, 15) is 0 Å². The molecule has 0 saturated heterocycles. The molecule has 0 radical (unpaired) electrons. The summed E-state index contributed by atoms with van der Waals surface area (Å²) in [5, 5.41) is 1.21. The van der Waals surface area contributed by atoms with Gasteiger partial charge in [-0.1, -0.05) is 35.3 Å². The Balaban J connectivity index is 1.73. The van der Waals surface area contributed by atoms with Crippen LogP contribution >= 0.6 is 39.1 Å². The van der Waals surface area contributed by atoms with Crippen LogP contribution in [0.25, 0.3) is 0 Å². The molecule has 1 saturated carbocycles. The molecule has 158 valence electrons. The minimum atomic E-state index is 0.598. The minimum absolute atomic E-state index is 0.598. The minimum Gasteiger partial charge on any atom is -0.496 e. The normalized spacial score (nSPS) is 19.5. The molecule has 2 aromatic rings. The van der Waals surface area contributed by atoms with E-state index < -0.39 is 0 Å². The summed E-state index contributed by atoms with van der Waals surface area (Å²) in [4.78, 5) is 2.52. The smallest absolute Gasteiger partial charge is 0.133 e. The van der Waals surface area contributed by atoms with Crippen molar-refractivity contribution in [3.63, 3.8) is 0 Å². The first-order valence-electron chi connectivity index (χ1n) is 10.2. The summed E-state index contributed by atoms with van der Waals surface area (Å²) in [6.45, 7) is 3.61. The third-order valence-corrected chi connectivity index (χ3v) is 7.19. The fourth-order valence-corrected chi connectivity index (χ4v) is 5.07. The van der Waals surface area contributed by atoms with Gasteiger partial charge in [0, 0.05) is 19.6 Å². The van der Waals surface area contributed by atoms with Crippen LogP contribution in [-0.2, 0) is 13.1 Å². The predicted octanol–water partition coefficient (Wildman–Crippen LogP) is 6.53. The molecule has 0 heterocycles. The molecule has 0 amide bonds. The number of ether oxygens (including phenoxy) is 1. The SMILES string of the molecule is COc1ccc(CN(Cc2ccc(Cl)c(Cl)c2)CC2CCC(CN)CC2)cc1Br. The summed E-state index contributed by atoms with van der Waals surface area (Å²) in [5.74, 6) is 2.26. The van der Waals surface area contributed by atoms with Gasteiger partial charge in [0.2, 0.25) is 0 Å². The highest BCUT2D eigenvalue weighted by molar-refractivity contribution is 9.10. The number of rotatable bonds is 8. The van der Waals surface area contributed by atoms with E-state index >= 15 is 0 Å². The molecule has 0 aromatic heterocycles. The van der Waals surface area contributed by atoms with Gasteiger partial charge in [0.15, 0.2) is 0 Å². The number of halogens is 3. The van der Waals surface area contributed by atoms with E-state index in [2.05, 4.69) is 39.0 Å². The van der Waals surface area contributed by atoms with Crippen molar-refractivity contribution >= 4 is 39.1 Å². The summed E-state index contributed by atoms with van der Waals surface area (Å²) >= 11 is 16.0. The van der Waals surface area contributed by atoms with Crippen LogP contribution in [0.5, 0.6) is 5.75 Å². The van der Waals surface area contributed by atoms with Crippen molar-refractivity contribution in [2.24, 2.45) is 17.6 Å². The molecular formula is C23H29BrCl2N2O. The van der Waals surface area contributed by atoms with Crippen LogP contribution < -0.4 is 10.5 Å². The van der Waals surface area contributed by atoms with Crippen molar-refractivity contribution in [3.8, 4) is 5.75 Å². The molecule has 0 aliphatic heterocycles. The molecule has 1 aliphatic carbocycles. The average molecular weight is 500 g/mol. The molecule has 1 aliphatic rings. The van der Waals surface area contributed by atoms with Crippen LogP contribution in [0, 0.1) is 11.8 Å². The lowest BCUT2D eigenvalue weighted by molar-refractivity contribution is 0.170. The summed E-state index contributed by atoms with van der Waals surface area (Å²) in [6.07, 6.45) is 5.00. The van der Waals surface area contributed by atoms with Crippen molar-refractivity contribution in [3.05, 3.63) is 62.0 Å². The lowest BCUT2D eigenvalue weighted by atomic mass is 9.82. The molecule has 2 aromatic carbocycles. The molecule has 0 unspecified atom stereocenters. The lowest BCUT2D eigenvalue weighted by Crippen LogP contribution is -2.32. The third-order valence-electron chi connectivity index (χ3n) is 5.83. The quantitative estimate of drug-likeness (QED) is 0.448. The second-order valence-corrected chi connectivity index (χ2v) is 9.68. The van der Waals surface area contributed by atoms with Crippen molar-refractivity contribution in [2.75, 3.05) is 20.2 Å². The summed E-state index contributed by atoms with van der Waals surface area (Å²) < 4.78 is 6.35. The lowest BCUT2D eigenvalue weighted by Gasteiger charge is -2.32. The number of methoxy groups -OCH3 is 1. The van der Waals surface area contributed by atoms with Crippen LogP contribution in [0.15, 0.2) is 40.9 Å². The van der Waals surface area contributed by atoms with Gasteiger partial charge >= 0.3 is 0 Å². The first kappa shape index (κ1) is 22.9. The Labute approximate surface area is 192 Å². The maximum atomic E-state index is 6.25. The van der Waals surface area contributed by atoms with Crippen molar-refractivity contribution in [1.29, 1.82) is 0 Å². The van der Waals surface area contributed by atoms with E-state index in [1.807, 2.05) is 18.2 Å². The number of nitrogens with zero attached hydrogens (tertiary/aromatic N) is 1. The Morgan fingerprint density at radius 2 is 1.59 bits per heavy atom.